The van der Waals surface area contributed by atoms with Gasteiger partial charge in [0.25, 0.3) is 0 Å². The molecule has 1 aliphatic rings. The van der Waals surface area contributed by atoms with E-state index in [1.807, 2.05) is 30.3 Å². The van der Waals surface area contributed by atoms with Gasteiger partial charge in [0.15, 0.2) is 0 Å². The van der Waals surface area contributed by atoms with Crippen molar-refractivity contribution in [1.82, 2.24) is 5.32 Å². The summed E-state index contributed by atoms with van der Waals surface area (Å²) in [6.07, 6.45) is 2.16. The average molecular weight is 205 g/mol. The highest BCUT2D eigenvalue weighted by Gasteiger charge is 2.39. The van der Waals surface area contributed by atoms with Crippen LogP contribution in [-0.2, 0) is 10.3 Å². The molecule has 15 heavy (non-hydrogen) atoms. The van der Waals surface area contributed by atoms with E-state index in [4.69, 9.17) is 0 Å². The van der Waals surface area contributed by atoms with E-state index in [9.17, 15) is 9.90 Å². The second kappa shape index (κ2) is 3.66. The second-order valence-electron chi connectivity index (χ2n) is 4.21. The van der Waals surface area contributed by atoms with Gasteiger partial charge >= 0.3 is 5.97 Å². The molecular formula is C12H15NO2. The van der Waals surface area contributed by atoms with Gasteiger partial charge in [-0.2, -0.15) is 0 Å². The fourth-order valence-electron chi connectivity index (χ4n) is 1.68. The van der Waals surface area contributed by atoms with Crippen molar-refractivity contribution in [2.24, 2.45) is 0 Å². The van der Waals surface area contributed by atoms with Crippen LogP contribution >= 0.6 is 0 Å². The lowest BCUT2D eigenvalue weighted by Gasteiger charge is -2.26. The highest BCUT2D eigenvalue weighted by atomic mass is 16.4. The quantitative estimate of drug-likeness (QED) is 0.787. The molecule has 1 aromatic rings. The summed E-state index contributed by atoms with van der Waals surface area (Å²) in [5, 5.41) is 12.5. The van der Waals surface area contributed by atoms with Crippen LogP contribution in [0.15, 0.2) is 30.3 Å². The molecule has 0 heterocycles. The average Bonchev–Trinajstić information content (AvgIpc) is 3.02. The summed E-state index contributed by atoms with van der Waals surface area (Å²) < 4.78 is 0. The van der Waals surface area contributed by atoms with E-state index < -0.39 is 11.5 Å². The Morgan fingerprint density at radius 2 is 2.00 bits per heavy atom. The molecule has 0 bridgehead atoms. The van der Waals surface area contributed by atoms with Crippen LogP contribution in [0.5, 0.6) is 0 Å². The van der Waals surface area contributed by atoms with E-state index in [-0.39, 0.29) is 0 Å². The molecule has 1 saturated carbocycles. The van der Waals surface area contributed by atoms with Crippen LogP contribution in [0.2, 0.25) is 0 Å². The Hall–Kier alpha value is -1.35. The number of aliphatic carboxylic acids is 1. The van der Waals surface area contributed by atoms with Crippen molar-refractivity contribution < 1.29 is 9.90 Å². The van der Waals surface area contributed by atoms with E-state index >= 15 is 0 Å². The third kappa shape index (κ3) is 2.02. The molecule has 1 aliphatic carbocycles. The zero-order valence-electron chi connectivity index (χ0n) is 8.73. The van der Waals surface area contributed by atoms with Gasteiger partial charge in [-0.1, -0.05) is 30.3 Å². The van der Waals surface area contributed by atoms with E-state index in [1.165, 1.54) is 0 Å². The third-order valence-electron chi connectivity index (χ3n) is 2.85. The maximum absolute atomic E-state index is 11.3. The van der Waals surface area contributed by atoms with Gasteiger partial charge in [0.1, 0.15) is 5.54 Å². The fourth-order valence-corrected chi connectivity index (χ4v) is 1.68. The number of hydrogen-bond acceptors (Lipinski definition) is 2. The zero-order valence-corrected chi connectivity index (χ0v) is 8.73. The highest BCUT2D eigenvalue weighted by Crippen LogP contribution is 2.28. The highest BCUT2D eigenvalue weighted by molar-refractivity contribution is 5.80. The minimum atomic E-state index is -0.956. The molecule has 1 aromatic carbocycles. The summed E-state index contributed by atoms with van der Waals surface area (Å²) in [7, 11) is 0. The van der Waals surface area contributed by atoms with Gasteiger partial charge in [-0.3, -0.25) is 5.32 Å². The first-order valence-corrected chi connectivity index (χ1v) is 5.19. The van der Waals surface area contributed by atoms with Gasteiger partial charge < -0.3 is 5.11 Å². The molecule has 0 amide bonds. The lowest BCUT2D eigenvalue weighted by molar-refractivity contribution is -0.144. The first-order valence-electron chi connectivity index (χ1n) is 5.19. The third-order valence-corrected chi connectivity index (χ3v) is 2.85. The minimum Gasteiger partial charge on any atom is -0.480 e. The lowest BCUT2D eigenvalue weighted by Crippen LogP contribution is -2.47. The molecule has 0 aliphatic heterocycles. The molecule has 2 N–H and O–H groups in total. The van der Waals surface area contributed by atoms with Gasteiger partial charge in [0.2, 0.25) is 0 Å². The Labute approximate surface area is 89.1 Å². The summed E-state index contributed by atoms with van der Waals surface area (Å²) >= 11 is 0. The number of carboxylic acids is 1. The molecule has 80 valence electrons. The van der Waals surface area contributed by atoms with E-state index in [0.29, 0.717) is 6.04 Å². The molecule has 0 saturated heterocycles. The molecule has 1 atom stereocenters. The summed E-state index contributed by atoms with van der Waals surface area (Å²) in [6.45, 7) is 1.73. The smallest absolute Gasteiger partial charge is 0.328 e. The first-order chi connectivity index (χ1) is 7.13. The molecular weight excluding hydrogens is 190 g/mol. The Balaban J connectivity index is 2.28. The van der Waals surface area contributed by atoms with Crippen LogP contribution in [0.25, 0.3) is 0 Å². The predicted molar refractivity (Wildman–Crippen MR) is 57.6 cm³/mol. The van der Waals surface area contributed by atoms with Crippen molar-refractivity contribution in [1.29, 1.82) is 0 Å². The summed E-state index contributed by atoms with van der Waals surface area (Å²) in [6, 6.07) is 9.69. The van der Waals surface area contributed by atoms with Crippen molar-refractivity contribution in [3.63, 3.8) is 0 Å². The number of benzene rings is 1. The monoisotopic (exact) mass is 205 g/mol. The predicted octanol–water partition coefficient (Wildman–Crippen LogP) is 1.74. The maximum Gasteiger partial charge on any atom is 0.328 e. The lowest BCUT2D eigenvalue weighted by atomic mass is 9.92. The van der Waals surface area contributed by atoms with Crippen molar-refractivity contribution in [2.45, 2.75) is 31.3 Å². The van der Waals surface area contributed by atoms with Gasteiger partial charge in [-0.15, -0.1) is 0 Å². The Bertz CT molecular complexity index is 359. The second-order valence-corrected chi connectivity index (χ2v) is 4.21. The van der Waals surface area contributed by atoms with Crippen molar-refractivity contribution in [3.8, 4) is 0 Å². The molecule has 1 unspecified atom stereocenters. The largest absolute Gasteiger partial charge is 0.480 e. The van der Waals surface area contributed by atoms with Crippen LogP contribution in [-0.4, -0.2) is 17.1 Å². The van der Waals surface area contributed by atoms with Crippen molar-refractivity contribution in [3.05, 3.63) is 35.9 Å². The fraction of sp³-hybridized carbons (Fsp3) is 0.417. The van der Waals surface area contributed by atoms with Crippen LogP contribution in [0.1, 0.15) is 25.3 Å². The molecule has 1 fully saturated rings. The number of carbonyl (C=O) groups is 1. The summed E-state index contributed by atoms with van der Waals surface area (Å²) in [4.78, 5) is 11.3. The van der Waals surface area contributed by atoms with E-state index in [0.717, 1.165) is 18.4 Å². The van der Waals surface area contributed by atoms with Gasteiger partial charge in [0, 0.05) is 6.04 Å². The zero-order chi connectivity index (χ0) is 10.9. The number of nitrogens with one attached hydrogen (secondary N) is 1. The number of carboxylic acid groups (broad SMARTS) is 1. The Kier molecular flexibility index (Phi) is 2.49. The topological polar surface area (TPSA) is 49.3 Å². The van der Waals surface area contributed by atoms with Crippen molar-refractivity contribution in [2.75, 3.05) is 0 Å². The number of hydrogen-bond donors (Lipinski definition) is 2. The molecule has 0 spiro atoms. The molecule has 0 aromatic heterocycles. The summed E-state index contributed by atoms with van der Waals surface area (Å²) in [5.41, 5.74) is -0.146. The normalized spacial score (nSPS) is 19.5. The van der Waals surface area contributed by atoms with Gasteiger partial charge in [-0.25, -0.2) is 4.79 Å². The Morgan fingerprint density at radius 1 is 1.40 bits per heavy atom. The first kappa shape index (κ1) is 10.2. The molecule has 0 radical (unpaired) electrons. The van der Waals surface area contributed by atoms with E-state index in [1.54, 1.807) is 6.92 Å². The van der Waals surface area contributed by atoms with Crippen LogP contribution in [0.4, 0.5) is 0 Å². The van der Waals surface area contributed by atoms with Crippen LogP contribution < -0.4 is 5.32 Å². The van der Waals surface area contributed by atoms with Crippen LogP contribution in [0.3, 0.4) is 0 Å². The minimum absolute atomic E-state index is 0.367. The SMILES string of the molecule is CC(NC1CC1)(C(=O)O)c1ccccc1. The molecule has 3 nitrogen and oxygen atoms in total. The van der Waals surface area contributed by atoms with Crippen LogP contribution in [0, 0.1) is 0 Å². The van der Waals surface area contributed by atoms with E-state index in [2.05, 4.69) is 5.32 Å². The number of rotatable bonds is 4. The van der Waals surface area contributed by atoms with Gasteiger partial charge in [0.05, 0.1) is 0 Å². The summed E-state index contributed by atoms with van der Waals surface area (Å²) in [5.74, 6) is -0.819. The Morgan fingerprint density at radius 3 is 2.47 bits per heavy atom. The molecule has 2 rings (SSSR count). The molecule has 3 heteroatoms. The standard InChI is InChI=1S/C12H15NO2/c1-12(11(14)15,13-10-7-8-10)9-5-3-2-4-6-9/h2-6,10,13H,7-8H2,1H3,(H,14,15). The maximum atomic E-state index is 11.3. The van der Waals surface area contributed by atoms with Crippen molar-refractivity contribution >= 4 is 5.97 Å². The van der Waals surface area contributed by atoms with Gasteiger partial charge in [-0.05, 0) is 25.3 Å².